The van der Waals surface area contributed by atoms with Crippen molar-refractivity contribution < 1.29 is 22.7 Å². The third-order valence-electron chi connectivity index (χ3n) is 5.05. The fourth-order valence-corrected chi connectivity index (χ4v) is 4.02. The summed E-state index contributed by atoms with van der Waals surface area (Å²) in [6.45, 7) is 2.31. The number of hydrogen-bond acceptors (Lipinski definition) is 7. The monoisotopic (exact) mass is 499 g/mol. The number of ether oxygens (including phenoxy) is 1. The van der Waals surface area contributed by atoms with Crippen LogP contribution in [0.15, 0.2) is 30.5 Å². The van der Waals surface area contributed by atoms with Gasteiger partial charge in [0.1, 0.15) is 23.0 Å². The maximum Gasteiger partial charge on any atom is 0.276 e. The first-order chi connectivity index (χ1) is 15.4. The zero-order chi connectivity index (χ0) is 22.7. The molecule has 0 spiro atoms. The Bertz CT molecular complexity index is 1120. The molecule has 3 heterocycles. The molecule has 0 aliphatic carbocycles. The normalized spacial score (nSPS) is 15.5. The molecule has 1 aliphatic rings. The predicted octanol–water partition coefficient (Wildman–Crippen LogP) is 4.26. The van der Waals surface area contributed by atoms with Gasteiger partial charge in [0.2, 0.25) is 5.06 Å². The molecule has 0 radical (unpaired) electrons. The second-order valence-electron chi connectivity index (χ2n) is 7.36. The lowest BCUT2D eigenvalue weighted by Crippen LogP contribution is -2.33. The van der Waals surface area contributed by atoms with Gasteiger partial charge in [-0.25, -0.2) is 18.2 Å². The highest BCUT2D eigenvalue weighted by atomic mass is 35.5. The predicted molar refractivity (Wildman–Crippen MR) is 122 cm³/mol. The van der Waals surface area contributed by atoms with Crippen LogP contribution in [0.1, 0.15) is 23.3 Å². The van der Waals surface area contributed by atoms with Gasteiger partial charge in [0.05, 0.1) is 24.1 Å². The molecule has 1 amide bonds. The third kappa shape index (κ3) is 5.55. The molecule has 1 unspecified atom stereocenters. The van der Waals surface area contributed by atoms with Gasteiger partial charge in [0.25, 0.3) is 5.91 Å². The molecule has 1 aromatic carbocycles. The van der Waals surface area contributed by atoms with E-state index in [0.717, 1.165) is 61.7 Å². The van der Waals surface area contributed by atoms with E-state index < -0.39 is 34.6 Å². The summed E-state index contributed by atoms with van der Waals surface area (Å²) in [7, 11) is 0. The number of nitrogen functional groups attached to an aromatic ring is 1. The van der Waals surface area contributed by atoms with E-state index in [-0.39, 0.29) is 23.8 Å². The second-order valence-corrected chi connectivity index (χ2v) is 8.12. The van der Waals surface area contributed by atoms with Crippen molar-refractivity contribution >= 4 is 41.2 Å². The molecule has 1 aliphatic heterocycles. The maximum absolute atomic E-state index is 14.4. The number of nitrogens with zero attached hydrogens (tertiary/aromatic N) is 2. The Balaban J connectivity index is 0.00000306. The number of halogens is 4. The molecule has 1 saturated heterocycles. The van der Waals surface area contributed by atoms with Crippen LogP contribution in [0.4, 0.5) is 24.5 Å². The number of nitrogens with two attached hydrogens (primary N) is 1. The fraction of sp³-hybridized carbons (Fsp3) is 0.286. The maximum atomic E-state index is 14.4. The molecule has 1 atom stereocenters. The largest absolute Gasteiger partial charge is 0.481 e. The van der Waals surface area contributed by atoms with Crippen LogP contribution >= 0.6 is 23.9 Å². The van der Waals surface area contributed by atoms with Crippen molar-refractivity contribution in [2.24, 2.45) is 5.92 Å². The molecule has 12 heteroatoms. The first-order valence-electron chi connectivity index (χ1n) is 9.94. The standard InChI is InChI=1S/C21H20F3N5O2S.ClH/c22-12-4-1-5-13(23)17(12)18-14(24)7-15(25)19(29-18)20(30)28-16-9-27-32-21(16)31-10-11-3-2-6-26-8-11;/h1,4-5,7,9,11,26H,2-3,6,8,10,25H2,(H,28,30);1H. The highest BCUT2D eigenvalue weighted by molar-refractivity contribution is 7.08. The van der Waals surface area contributed by atoms with Crippen molar-refractivity contribution in [2.75, 3.05) is 30.7 Å². The van der Waals surface area contributed by atoms with E-state index >= 15 is 0 Å². The number of aromatic nitrogens is 2. The first-order valence-corrected chi connectivity index (χ1v) is 10.7. The Labute approximate surface area is 198 Å². The van der Waals surface area contributed by atoms with Gasteiger partial charge in [-0.3, -0.25) is 4.79 Å². The topological polar surface area (TPSA) is 102 Å². The molecule has 7 nitrogen and oxygen atoms in total. The molecule has 4 N–H and O–H groups in total. The van der Waals surface area contributed by atoms with Gasteiger partial charge < -0.3 is 21.1 Å². The molecule has 0 bridgehead atoms. The number of benzene rings is 1. The second kappa shape index (κ2) is 10.8. The Hall–Kier alpha value is -2.89. The number of anilines is 2. The number of amides is 1. The zero-order valence-corrected chi connectivity index (χ0v) is 18.9. The fourth-order valence-electron chi connectivity index (χ4n) is 3.44. The van der Waals surface area contributed by atoms with Crippen LogP contribution in [0.3, 0.4) is 0 Å². The first kappa shape index (κ1) is 24.7. The van der Waals surface area contributed by atoms with E-state index in [1.54, 1.807) is 0 Å². The molecule has 2 aromatic heterocycles. The van der Waals surface area contributed by atoms with E-state index in [2.05, 4.69) is 20.0 Å². The number of carbonyl (C=O) groups is 1. The summed E-state index contributed by atoms with van der Waals surface area (Å²) < 4.78 is 52.5. The van der Waals surface area contributed by atoms with Gasteiger partial charge in [0.15, 0.2) is 11.5 Å². The zero-order valence-electron chi connectivity index (χ0n) is 17.2. The average molecular weight is 500 g/mol. The van der Waals surface area contributed by atoms with E-state index in [1.807, 2.05) is 0 Å². The molecular weight excluding hydrogens is 479 g/mol. The Morgan fingerprint density at radius 3 is 2.73 bits per heavy atom. The van der Waals surface area contributed by atoms with Crippen LogP contribution in [0.25, 0.3) is 11.3 Å². The van der Waals surface area contributed by atoms with Crippen LogP contribution in [0.5, 0.6) is 5.06 Å². The third-order valence-corrected chi connectivity index (χ3v) is 5.77. The summed E-state index contributed by atoms with van der Waals surface area (Å²) in [5, 5.41) is 6.29. The SMILES string of the molecule is Cl.Nc1cc(F)c(-c2c(F)cccc2F)nc1C(=O)Nc1cnsc1OCC1CCCNC1. The van der Waals surface area contributed by atoms with Crippen LogP contribution in [-0.2, 0) is 0 Å². The average Bonchev–Trinajstić information content (AvgIpc) is 3.21. The lowest BCUT2D eigenvalue weighted by molar-refractivity contribution is 0.102. The van der Waals surface area contributed by atoms with Gasteiger partial charge in [0, 0.05) is 30.1 Å². The number of pyridine rings is 1. The summed E-state index contributed by atoms with van der Waals surface area (Å²) in [5.74, 6) is -3.51. The van der Waals surface area contributed by atoms with Crippen molar-refractivity contribution in [3.8, 4) is 16.3 Å². The van der Waals surface area contributed by atoms with Crippen molar-refractivity contribution in [1.82, 2.24) is 14.7 Å². The summed E-state index contributed by atoms with van der Waals surface area (Å²) in [4.78, 5) is 16.6. The smallest absolute Gasteiger partial charge is 0.276 e. The summed E-state index contributed by atoms with van der Waals surface area (Å²) in [6.07, 6.45) is 3.52. The molecule has 33 heavy (non-hydrogen) atoms. The minimum atomic E-state index is -1.05. The molecule has 176 valence electrons. The van der Waals surface area contributed by atoms with E-state index in [0.29, 0.717) is 23.3 Å². The Kier molecular flexibility index (Phi) is 8.11. The molecule has 4 rings (SSSR count). The van der Waals surface area contributed by atoms with Crippen LogP contribution in [0, 0.1) is 23.4 Å². The lowest BCUT2D eigenvalue weighted by atomic mass is 10.0. The summed E-state index contributed by atoms with van der Waals surface area (Å²) in [6, 6.07) is 3.89. The van der Waals surface area contributed by atoms with E-state index in [1.165, 1.54) is 6.20 Å². The minimum absolute atomic E-state index is 0. The molecular formula is C21H21ClF3N5O2S. The van der Waals surface area contributed by atoms with Gasteiger partial charge >= 0.3 is 0 Å². The molecule has 3 aromatic rings. The lowest BCUT2D eigenvalue weighted by Gasteiger charge is -2.22. The Morgan fingerprint density at radius 1 is 1.27 bits per heavy atom. The number of rotatable bonds is 6. The van der Waals surface area contributed by atoms with Gasteiger partial charge in [-0.1, -0.05) is 6.07 Å². The Morgan fingerprint density at radius 2 is 2.03 bits per heavy atom. The van der Waals surface area contributed by atoms with Crippen molar-refractivity contribution in [3.63, 3.8) is 0 Å². The quantitative estimate of drug-likeness (QED) is 0.468. The number of nitrogens with one attached hydrogen (secondary N) is 2. The van der Waals surface area contributed by atoms with Crippen LogP contribution < -0.4 is 21.1 Å². The van der Waals surface area contributed by atoms with E-state index in [9.17, 15) is 18.0 Å². The van der Waals surface area contributed by atoms with Crippen molar-refractivity contribution in [2.45, 2.75) is 12.8 Å². The summed E-state index contributed by atoms with van der Waals surface area (Å²) in [5.41, 5.74) is 4.08. The number of hydrogen-bond donors (Lipinski definition) is 3. The van der Waals surface area contributed by atoms with Gasteiger partial charge in [-0.05, 0) is 31.5 Å². The van der Waals surface area contributed by atoms with Crippen LogP contribution in [0.2, 0.25) is 0 Å². The highest BCUT2D eigenvalue weighted by Crippen LogP contribution is 2.32. The van der Waals surface area contributed by atoms with E-state index in [4.69, 9.17) is 10.5 Å². The van der Waals surface area contributed by atoms with Crippen molar-refractivity contribution in [3.05, 3.63) is 53.6 Å². The minimum Gasteiger partial charge on any atom is -0.481 e. The van der Waals surface area contributed by atoms with Crippen LogP contribution in [-0.4, -0.2) is 35.0 Å². The molecule has 1 fully saturated rings. The number of carbonyl (C=O) groups excluding carboxylic acids is 1. The van der Waals surface area contributed by atoms with Crippen molar-refractivity contribution in [1.29, 1.82) is 0 Å². The summed E-state index contributed by atoms with van der Waals surface area (Å²) >= 11 is 1.07. The highest BCUT2D eigenvalue weighted by Gasteiger charge is 2.23. The van der Waals surface area contributed by atoms with Gasteiger partial charge in [-0.2, -0.15) is 4.37 Å². The van der Waals surface area contributed by atoms with Gasteiger partial charge in [-0.15, -0.1) is 12.4 Å². The molecule has 0 saturated carbocycles. The number of piperidine rings is 1.